The zero-order chi connectivity index (χ0) is 12.3. The molecule has 2 rings (SSSR count). The van der Waals surface area contributed by atoms with Gasteiger partial charge in [0, 0.05) is 11.4 Å². The first kappa shape index (κ1) is 13.5. The summed E-state index contributed by atoms with van der Waals surface area (Å²) in [5.41, 5.74) is 0. The Bertz CT molecular complexity index is 347. The molecule has 1 aliphatic heterocycles. The molecule has 0 radical (unpaired) electrons. The van der Waals surface area contributed by atoms with Crippen molar-refractivity contribution in [2.24, 2.45) is 5.92 Å². The highest BCUT2D eigenvalue weighted by Crippen LogP contribution is 2.29. The van der Waals surface area contributed by atoms with Gasteiger partial charge in [0.05, 0.1) is 9.89 Å². The molecule has 2 heterocycles. The molecule has 2 nitrogen and oxygen atoms in total. The van der Waals surface area contributed by atoms with Crippen LogP contribution in [0.3, 0.4) is 0 Å². The van der Waals surface area contributed by atoms with Gasteiger partial charge in [-0.1, -0.05) is 6.92 Å². The Labute approximate surface area is 116 Å². The fourth-order valence-corrected chi connectivity index (χ4v) is 3.68. The van der Waals surface area contributed by atoms with Gasteiger partial charge >= 0.3 is 0 Å². The van der Waals surface area contributed by atoms with Crippen LogP contribution in [-0.2, 0) is 0 Å². The molecule has 96 valence electrons. The van der Waals surface area contributed by atoms with E-state index in [1.165, 1.54) is 25.9 Å². The highest BCUT2D eigenvalue weighted by molar-refractivity contribution is 9.11. The van der Waals surface area contributed by atoms with Crippen LogP contribution in [0.25, 0.3) is 0 Å². The monoisotopic (exact) mass is 317 g/mol. The molecular formula is C13H20BrNOS. The Morgan fingerprint density at radius 3 is 2.76 bits per heavy atom. The molecule has 1 fully saturated rings. The Hall–Kier alpha value is 0.1000. The van der Waals surface area contributed by atoms with Gasteiger partial charge in [0.2, 0.25) is 0 Å². The van der Waals surface area contributed by atoms with Crippen molar-refractivity contribution in [3.63, 3.8) is 0 Å². The zero-order valence-corrected chi connectivity index (χ0v) is 12.6. The van der Waals surface area contributed by atoms with Crippen LogP contribution in [0.5, 0.6) is 0 Å². The van der Waals surface area contributed by atoms with Crippen molar-refractivity contribution >= 4 is 27.3 Å². The minimum Gasteiger partial charge on any atom is -0.388 e. The summed E-state index contributed by atoms with van der Waals surface area (Å²) in [6, 6.07) is 4.02. The maximum absolute atomic E-state index is 10.1. The largest absolute Gasteiger partial charge is 0.388 e. The molecular weight excluding hydrogens is 298 g/mol. The Balaban J connectivity index is 1.74. The van der Waals surface area contributed by atoms with Crippen LogP contribution in [0.1, 0.15) is 37.2 Å². The molecule has 1 unspecified atom stereocenters. The first-order chi connectivity index (χ1) is 8.15. The van der Waals surface area contributed by atoms with E-state index in [-0.39, 0.29) is 6.10 Å². The lowest BCUT2D eigenvalue weighted by Crippen LogP contribution is -2.34. The predicted octanol–water partition coefficient (Wildman–Crippen LogP) is 3.67. The van der Waals surface area contributed by atoms with Gasteiger partial charge in [-0.3, -0.25) is 0 Å². The van der Waals surface area contributed by atoms with Gasteiger partial charge in [-0.15, -0.1) is 11.3 Å². The third-order valence-electron chi connectivity index (χ3n) is 3.52. The summed E-state index contributed by atoms with van der Waals surface area (Å²) in [6.45, 7) is 5.74. The topological polar surface area (TPSA) is 23.5 Å². The molecule has 0 spiro atoms. The van der Waals surface area contributed by atoms with Crippen molar-refractivity contribution < 1.29 is 5.11 Å². The SMILES string of the molecule is CC1CCN(CCC(O)c2ccc(Br)s2)CC1. The van der Waals surface area contributed by atoms with Gasteiger partial charge in [0.15, 0.2) is 0 Å². The molecule has 0 amide bonds. The van der Waals surface area contributed by atoms with Gasteiger partial charge < -0.3 is 10.0 Å². The van der Waals surface area contributed by atoms with Crippen LogP contribution in [0.15, 0.2) is 15.9 Å². The second kappa shape index (κ2) is 6.32. The molecule has 1 aromatic rings. The lowest BCUT2D eigenvalue weighted by molar-refractivity contribution is 0.127. The number of thiophene rings is 1. The minimum atomic E-state index is -0.300. The van der Waals surface area contributed by atoms with Crippen molar-refractivity contribution in [2.45, 2.75) is 32.3 Å². The molecule has 0 saturated carbocycles. The first-order valence-electron chi connectivity index (χ1n) is 6.31. The van der Waals surface area contributed by atoms with Crippen LogP contribution in [-0.4, -0.2) is 29.6 Å². The van der Waals surface area contributed by atoms with E-state index < -0.39 is 0 Å². The van der Waals surface area contributed by atoms with E-state index in [0.717, 1.165) is 27.5 Å². The summed E-state index contributed by atoms with van der Waals surface area (Å²) in [5.74, 6) is 0.879. The van der Waals surface area contributed by atoms with E-state index in [9.17, 15) is 5.11 Å². The number of hydrogen-bond acceptors (Lipinski definition) is 3. The lowest BCUT2D eigenvalue weighted by Gasteiger charge is -2.30. The molecule has 1 atom stereocenters. The van der Waals surface area contributed by atoms with Crippen molar-refractivity contribution in [2.75, 3.05) is 19.6 Å². The number of halogens is 1. The average Bonchev–Trinajstić information content (AvgIpc) is 2.75. The third-order valence-corrected chi connectivity index (χ3v) is 5.24. The second-order valence-electron chi connectivity index (χ2n) is 4.97. The minimum absolute atomic E-state index is 0.300. The number of aliphatic hydroxyl groups is 1. The average molecular weight is 318 g/mol. The summed E-state index contributed by atoms with van der Waals surface area (Å²) < 4.78 is 1.10. The normalized spacial score (nSPS) is 20.6. The van der Waals surface area contributed by atoms with Crippen molar-refractivity contribution in [3.8, 4) is 0 Å². The first-order valence-corrected chi connectivity index (χ1v) is 7.92. The standard InChI is InChI=1S/C13H20BrNOS/c1-10-4-7-15(8-5-10)9-6-11(16)12-2-3-13(14)17-12/h2-3,10-11,16H,4-9H2,1H3. The maximum atomic E-state index is 10.1. The number of aliphatic hydroxyl groups excluding tert-OH is 1. The third kappa shape index (κ3) is 4.05. The van der Waals surface area contributed by atoms with Crippen LogP contribution in [0.2, 0.25) is 0 Å². The van der Waals surface area contributed by atoms with E-state index >= 15 is 0 Å². The summed E-state index contributed by atoms with van der Waals surface area (Å²) >= 11 is 5.06. The number of piperidine rings is 1. The van der Waals surface area contributed by atoms with E-state index in [4.69, 9.17) is 0 Å². The molecule has 1 saturated heterocycles. The highest BCUT2D eigenvalue weighted by atomic mass is 79.9. The van der Waals surface area contributed by atoms with E-state index in [1.807, 2.05) is 12.1 Å². The highest BCUT2D eigenvalue weighted by Gasteiger charge is 2.17. The Kier molecular flexibility index (Phi) is 5.03. The van der Waals surface area contributed by atoms with Crippen LogP contribution < -0.4 is 0 Å². The number of hydrogen-bond donors (Lipinski definition) is 1. The smallest absolute Gasteiger partial charge is 0.0894 e. The van der Waals surface area contributed by atoms with E-state index in [2.05, 4.69) is 27.8 Å². The number of rotatable bonds is 4. The molecule has 1 N–H and O–H groups in total. The van der Waals surface area contributed by atoms with Crippen molar-refractivity contribution in [1.29, 1.82) is 0 Å². The van der Waals surface area contributed by atoms with Crippen LogP contribution >= 0.6 is 27.3 Å². The summed E-state index contributed by atoms with van der Waals surface area (Å²) in [6.07, 6.45) is 3.16. The summed E-state index contributed by atoms with van der Waals surface area (Å²) in [5, 5.41) is 10.1. The summed E-state index contributed by atoms with van der Waals surface area (Å²) in [7, 11) is 0. The molecule has 1 aliphatic rings. The van der Waals surface area contributed by atoms with Crippen LogP contribution in [0, 0.1) is 5.92 Å². The van der Waals surface area contributed by atoms with Gasteiger partial charge in [0.1, 0.15) is 0 Å². The Morgan fingerprint density at radius 1 is 1.47 bits per heavy atom. The molecule has 1 aromatic heterocycles. The van der Waals surface area contributed by atoms with E-state index in [0.29, 0.717) is 0 Å². The molecule has 0 aromatic carbocycles. The van der Waals surface area contributed by atoms with E-state index in [1.54, 1.807) is 11.3 Å². The van der Waals surface area contributed by atoms with Crippen LogP contribution in [0.4, 0.5) is 0 Å². The molecule has 17 heavy (non-hydrogen) atoms. The molecule has 0 aliphatic carbocycles. The summed E-state index contributed by atoms with van der Waals surface area (Å²) in [4.78, 5) is 3.55. The lowest BCUT2D eigenvalue weighted by atomic mass is 9.99. The predicted molar refractivity (Wildman–Crippen MR) is 76.4 cm³/mol. The van der Waals surface area contributed by atoms with Crippen molar-refractivity contribution in [1.82, 2.24) is 4.90 Å². The number of likely N-dealkylation sites (tertiary alicyclic amines) is 1. The van der Waals surface area contributed by atoms with Gasteiger partial charge in [-0.05, 0) is 66.3 Å². The van der Waals surface area contributed by atoms with Gasteiger partial charge in [-0.2, -0.15) is 0 Å². The number of nitrogens with zero attached hydrogens (tertiary/aromatic N) is 1. The fourth-order valence-electron chi connectivity index (χ4n) is 2.24. The maximum Gasteiger partial charge on any atom is 0.0894 e. The zero-order valence-electron chi connectivity index (χ0n) is 10.2. The van der Waals surface area contributed by atoms with Gasteiger partial charge in [0.25, 0.3) is 0 Å². The van der Waals surface area contributed by atoms with Gasteiger partial charge in [-0.25, -0.2) is 0 Å². The molecule has 4 heteroatoms. The second-order valence-corrected chi connectivity index (χ2v) is 7.47. The molecule has 0 bridgehead atoms. The quantitative estimate of drug-likeness (QED) is 0.916. The fraction of sp³-hybridized carbons (Fsp3) is 0.692. The Morgan fingerprint density at radius 2 is 2.18 bits per heavy atom. The van der Waals surface area contributed by atoms with Crippen molar-refractivity contribution in [3.05, 3.63) is 20.8 Å².